The second-order valence-electron chi connectivity index (χ2n) is 5.31. The summed E-state index contributed by atoms with van der Waals surface area (Å²) in [6.45, 7) is 0. The lowest BCUT2D eigenvalue weighted by molar-refractivity contribution is 0.102. The van der Waals surface area contributed by atoms with E-state index in [9.17, 15) is 4.79 Å². The minimum Gasteiger partial charge on any atom is -0.340 e. The van der Waals surface area contributed by atoms with Crippen molar-refractivity contribution in [2.24, 2.45) is 0 Å². The maximum atomic E-state index is 12.3. The summed E-state index contributed by atoms with van der Waals surface area (Å²) >= 11 is 12.0. The maximum Gasteiger partial charge on any atom is 0.257 e. The molecule has 0 aliphatic carbocycles. The predicted octanol–water partition coefficient (Wildman–Crippen LogP) is 5.26. The van der Waals surface area contributed by atoms with Crippen molar-refractivity contribution in [1.82, 2.24) is 4.98 Å². The minimum absolute atomic E-state index is 0.283. The molecular weight excluding hydrogens is 371 g/mol. The first-order chi connectivity index (χ1) is 12.6. The highest BCUT2D eigenvalue weighted by Crippen LogP contribution is 2.29. The van der Waals surface area contributed by atoms with Gasteiger partial charge < -0.3 is 10.6 Å². The topological polar surface area (TPSA) is 77.8 Å². The molecule has 0 radical (unpaired) electrons. The van der Waals surface area contributed by atoms with E-state index in [1.807, 2.05) is 6.07 Å². The highest BCUT2D eigenvalue weighted by Gasteiger charge is 2.11. The second-order valence-corrected chi connectivity index (χ2v) is 6.09. The summed E-state index contributed by atoms with van der Waals surface area (Å²) in [6.07, 6.45) is 1.45. The van der Waals surface area contributed by atoms with Gasteiger partial charge in [0.15, 0.2) is 0 Å². The number of hydrogen-bond donors (Lipinski definition) is 2. The van der Waals surface area contributed by atoms with Crippen LogP contribution in [0.1, 0.15) is 15.9 Å². The van der Waals surface area contributed by atoms with Gasteiger partial charge in [-0.05, 0) is 42.5 Å². The smallest absolute Gasteiger partial charge is 0.257 e. The number of halogens is 2. The Kier molecular flexibility index (Phi) is 5.37. The zero-order valence-electron chi connectivity index (χ0n) is 13.3. The number of nitrogens with zero attached hydrogens (tertiary/aromatic N) is 2. The first-order valence-electron chi connectivity index (χ1n) is 7.55. The summed E-state index contributed by atoms with van der Waals surface area (Å²) in [5.41, 5.74) is 2.08. The molecule has 0 fully saturated rings. The highest BCUT2D eigenvalue weighted by molar-refractivity contribution is 6.44. The molecule has 0 saturated heterocycles. The van der Waals surface area contributed by atoms with Crippen LogP contribution in [0.4, 0.5) is 17.2 Å². The van der Waals surface area contributed by atoms with E-state index in [0.29, 0.717) is 27.7 Å². The van der Waals surface area contributed by atoms with Gasteiger partial charge in [0, 0.05) is 11.9 Å². The lowest BCUT2D eigenvalue weighted by Crippen LogP contribution is -2.12. The molecule has 1 aromatic heterocycles. The summed E-state index contributed by atoms with van der Waals surface area (Å²) in [6, 6.07) is 17.4. The molecule has 0 unspecified atom stereocenters. The van der Waals surface area contributed by atoms with Crippen LogP contribution in [0.15, 0.2) is 60.8 Å². The summed E-state index contributed by atoms with van der Waals surface area (Å²) in [5, 5.41) is 15.4. The molecule has 0 saturated carbocycles. The molecule has 2 N–H and O–H groups in total. The normalized spacial score (nSPS) is 10.0. The number of hydrogen-bond acceptors (Lipinski definition) is 4. The number of aromatic nitrogens is 1. The van der Waals surface area contributed by atoms with Gasteiger partial charge in [-0.1, -0.05) is 35.3 Å². The van der Waals surface area contributed by atoms with Crippen LogP contribution < -0.4 is 10.6 Å². The van der Waals surface area contributed by atoms with Crippen molar-refractivity contribution in [3.05, 3.63) is 82.0 Å². The Bertz CT molecular complexity index is 997. The quantitative estimate of drug-likeness (QED) is 0.645. The first kappa shape index (κ1) is 17.7. The monoisotopic (exact) mass is 382 g/mol. The molecule has 5 nitrogen and oxygen atoms in total. The molecule has 2 aromatic carbocycles. The number of nitrogens with one attached hydrogen (secondary N) is 2. The largest absolute Gasteiger partial charge is 0.340 e. The molecular formula is C19H12Cl2N4O. The van der Waals surface area contributed by atoms with Gasteiger partial charge in [-0.3, -0.25) is 4.79 Å². The molecule has 0 aliphatic rings. The Balaban J connectivity index is 1.71. The van der Waals surface area contributed by atoms with Crippen molar-refractivity contribution < 1.29 is 4.79 Å². The van der Waals surface area contributed by atoms with Gasteiger partial charge in [0.2, 0.25) is 0 Å². The van der Waals surface area contributed by atoms with Gasteiger partial charge in [0.1, 0.15) is 5.82 Å². The van der Waals surface area contributed by atoms with Crippen LogP contribution >= 0.6 is 23.2 Å². The number of rotatable bonds is 4. The molecule has 128 valence electrons. The summed E-state index contributed by atoms with van der Waals surface area (Å²) in [7, 11) is 0. The Morgan fingerprint density at radius 1 is 1.08 bits per heavy atom. The number of amides is 1. The zero-order valence-corrected chi connectivity index (χ0v) is 14.8. The van der Waals surface area contributed by atoms with E-state index in [-0.39, 0.29) is 10.9 Å². The number of carbonyl (C=O) groups excluding carboxylic acids is 1. The van der Waals surface area contributed by atoms with E-state index < -0.39 is 0 Å². The van der Waals surface area contributed by atoms with Gasteiger partial charge in [-0.15, -0.1) is 0 Å². The summed E-state index contributed by atoms with van der Waals surface area (Å²) < 4.78 is 0. The predicted molar refractivity (Wildman–Crippen MR) is 103 cm³/mol. The van der Waals surface area contributed by atoms with Crippen LogP contribution in [0.3, 0.4) is 0 Å². The van der Waals surface area contributed by atoms with E-state index in [1.165, 1.54) is 6.20 Å². The fraction of sp³-hybridized carbons (Fsp3) is 0. The van der Waals surface area contributed by atoms with E-state index in [2.05, 4.69) is 21.7 Å². The molecule has 0 bridgehead atoms. The van der Waals surface area contributed by atoms with Gasteiger partial charge in [-0.2, -0.15) is 5.26 Å². The average Bonchev–Trinajstić information content (AvgIpc) is 2.66. The lowest BCUT2D eigenvalue weighted by atomic mass is 10.2. The Morgan fingerprint density at radius 2 is 1.88 bits per heavy atom. The van der Waals surface area contributed by atoms with Crippen LogP contribution in [-0.4, -0.2) is 10.9 Å². The van der Waals surface area contributed by atoms with Crippen molar-refractivity contribution in [2.75, 3.05) is 10.6 Å². The van der Waals surface area contributed by atoms with Crippen LogP contribution in [0, 0.1) is 11.3 Å². The van der Waals surface area contributed by atoms with E-state index in [1.54, 1.807) is 48.5 Å². The van der Waals surface area contributed by atoms with Crippen LogP contribution in [-0.2, 0) is 0 Å². The van der Waals surface area contributed by atoms with E-state index >= 15 is 0 Å². The van der Waals surface area contributed by atoms with Gasteiger partial charge in [-0.25, -0.2) is 4.98 Å². The SMILES string of the molecule is N#Cc1cccc(Nc2ccc(C(=O)Nc3cccc(Cl)c3Cl)cn2)c1. The second kappa shape index (κ2) is 7.87. The van der Waals surface area contributed by atoms with E-state index in [4.69, 9.17) is 28.5 Å². The Morgan fingerprint density at radius 3 is 2.62 bits per heavy atom. The molecule has 1 heterocycles. The van der Waals surface area contributed by atoms with Crippen molar-refractivity contribution in [3.63, 3.8) is 0 Å². The molecule has 0 aliphatic heterocycles. The minimum atomic E-state index is -0.348. The van der Waals surface area contributed by atoms with Crippen LogP contribution in [0.5, 0.6) is 0 Å². The number of anilines is 3. The highest BCUT2D eigenvalue weighted by atomic mass is 35.5. The third-order valence-electron chi connectivity index (χ3n) is 3.49. The Labute approximate surface area is 160 Å². The van der Waals surface area contributed by atoms with Gasteiger partial charge >= 0.3 is 0 Å². The number of nitriles is 1. The summed E-state index contributed by atoms with van der Waals surface area (Å²) in [5.74, 6) is 0.206. The Hall–Kier alpha value is -3.07. The fourth-order valence-corrected chi connectivity index (χ4v) is 2.56. The molecule has 3 aromatic rings. The zero-order chi connectivity index (χ0) is 18.5. The molecule has 0 spiro atoms. The van der Waals surface area contributed by atoms with Gasteiger partial charge in [0.05, 0.1) is 32.9 Å². The third-order valence-corrected chi connectivity index (χ3v) is 4.31. The molecule has 7 heteroatoms. The number of carbonyl (C=O) groups is 1. The lowest BCUT2D eigenvalue weighted by Gasteiger charge is -2.09. The van der Waals surface area contributed by atoms with Crippen molar-refractivity contribution in [1.29, 1.82) is 5.26 Å². The molecule has 3 rings (SSSR count). The molecule has 26 heavy (non-hydrogen) atoms. The van der Waals surface area contributed by atoms with Crippen LogP contribution in [0.2, 0.25) is 10.0 Å². The van der Waals surface area contributed by atoms with Gasteiger partial charge in [0.25, 0.3) is 5.91 Å². The fourth-order valence-electron chi connectivity index (χ4n) is 2.21. The first-order valence-corrected chi connectivity index (χ1v) is 8.31. The van der Waals surface area contributed by atoms with Crippen LogP contribution in [0.25, 0.3) is 0 Å². The third kappa shape index (κ3) is 4.12. The number of pyridine rings is 1. The van der Waals surface area contributed by atoms with Crippen molar-refractivity contribution in [2.45, 2.75) is 0 Å². The summed E-state index contributed by atoms with van der Waals surface area (Å²) in [4.78, 5) is 16.5. The van der Waals surface area contributed by atoms with Crippen molar-refractivity contribution >= 4 is 46.3 Å². The standard InChI is InChI=1S/C19H12Cl2N4O/c20-15-5-2-6-16(18(15)21)25-19(26)13-7-8-17(23-11-13)24-14-4-1-3-12(9-14)10-22/h1-9,11H,(H,23,24)(H,25,26). The molecule has 1 amide bonds. The maximum absolute atomic E-state index is 12.3. The van der Waals surface area contributed by atoms with E-state index in [0.717, 1.165) is 5.69 Å². The molecule has 0 atom stereocenters. The number of benzene rings is 2. The van der Waals surface area contributed by atoms with Crippen molar-refractivity contribution in [3.8, 4) is 6.07 Å². The average molecular weight is 383 g/mol.